The summed E-state index contributed by atoms with van der Waals surface area (Å²) in [6.45, 7) is 12.0. The maximum absolute atomic E-state index is 8.07. The zero-order chi connectivity index (χ0) is 45.4. The minimum absolute atomic E-state index is 0. The molecule has 9 nitrogen and oxygen atoms in total. The second kappa shape index (κ2) is 29.9. The summed E-state index contributed by atoms with van der Waals surface area (Å²) < 4.78 is 3.98. The van der Waals surface area contributed by atoms with Gasteiger partial charge in [-0.3, -0.25) is 29.3 Å². The van der Waals surface area contributed by atoms with E-state index in [1.165, 1.54) is 22.3 Å². The molecule has 4 heterocycles. The van der Waals surface area contributed by atoms with Gasteiger partial charge in [-0.15, -0.1) is 0 Å². The zero-order valence-electron chi connectivity index (χ0n) is 35.6. The third-order valence-electron chi connectivity index (χ3n) is 9.47. The Hall–Kier alpha value is -4.38. The van der Waals surface area contributed by atoms with Crippen molar-refractivity contribution in [1.82, 2.24) is 29.5 Å². The SMILES string of the molecule is C.CCCCO.Cc1cccc(C)c1N=Cc1nn(Cc2ccccn2)c2ccccc12.Cc1cccc(C)c1N=Cc1nn(Cc2ccccn2)c2ccccc12.[Cl][Fe][Cl].[Cl][Fe][Cl]. The van der Waals surface area contributed by atoms with Crippen LogP contribution in [-0.4, -0.2) is 53.7 Å². The van der Waals surface area contributed by atoms with Crippen LogP contribution in [0.15, 0.2) is 144 Å². The Morgan fingerprint density at radius 3 is 1.22 bits per heavy atom. The number of benzene rings is 4. The van der Waals surface area contributed by atoms with E-state index >= 15 is 0 Å². The van der Waals surface area contributed by atoms with Gasteiger partial charge in [0.05, 0.1) is 59.3 Å². The van der Waals surface area contributed by atoms with Gasteiger partial charge in [-0.1, -0.05) is 106 Å². The van der Waals surface area contributed by atoms with E-state index < -0.39 is 0 Å². The number of hydrogen-bond donors (Lipinski definition) is 1. The van der Waals surface area contributed by atoms with Crippen molar-refractivity contribution in [2.24, 2.45) is 9.98 Å². The second-order valence-electron chi connectivity index (χ2n) is 13.9. The molecule has 0 bridgehead atoms. The third-order valence-corrected chi connectivity index (χ3v) is 9.47. The normalized spacial score (nSPS) is 10.7. The Morgan fingerprint density at radius 2 is 0.906 bits per heavy atom. The van der Waals surface area contributed by atoms with Crippen molar-refractivity contribution in [2.75, 3.05) is 6.61 Å². The second-order valence-corrected chi connectivity index (χ2v) is 17.6. The van der Waals surface area contributed by atoms with E-state index in [9.17, 15) is 0 Å². The quantitative estimate of drug-likeness (QED) is 0.108. The molecule has 0 fully saturated rings. The third kappa shape index (κ3) is 16.6. The van der Waals surface area contributed by atoms with Crippen molar-refractivity contribution in [2.45, 2.75) is 68.0 Å². The first-order valence-electron chi connectivity index (χ1n) is 19.9. The summed E-state index contributed by atoms with van der Waals surface area (Å²) in [5.74, 6) is 0. The predicted octanol–water partition coefficient (Wildman–Crippen LogP) is 13.9. The fraction of sp³-hybridized carbons (Fsp3) is 0.224. The van der Waals surface area contributed by atoms with Crippen molar-refractivity contribution >= 4 is 86.0 Å². The van der Waals surface area contributed by atoms with E-state index in [0.29, 0.717) is 19.7 Å². The number of pyridine rings is 2. The van der Waals surface area contributed by atoms with Gasteiger partial charge < -0.3 is 5.11 Å². The number of para-hydroxylation sites is 4. The Bertz CT molecular complexity index is 2420. The molecule has 0 unspecified atom stereocenters. The molecule has 0 aliphatic rings. The molecule has 340 valence electrons. The van der Waals surface area contributed by atoms with Crippen LogP contribution in [0, 0.1) is 27.7 Å². The number of halogens is 4. The summed E-state index contributed by atoms with van der Waals surface area (Å²) in [5, 5.41) is 19.8. The van der Waals surface area contributed by atoms with Crippen LogP contribution in [-0.2, 0) is 39.4 Å². The molecule has 4 aromatic carbocycles. The van der Waals surface area contributed by atoms with Gasteiger partial charge in [0.15, 0.2) is 0 Å². The van der Waals surface area contributed by atoms with E-state index in [1.807, 2.05) is 94.9 Å². The summed E-state index contributed by atoms with van der Waals surface area (Å²) in [6.07, 6.45) is 9.39. The Labute approximate surface area is 407 Å². The number of nitrogens with zero attached hydrogens (tertiary/aromatic N) is 8. The molecule has 64 heavy (non-hydrogen) atoms. The monoisotopic (exact) mass is 1020 g/mol. The number of hydrogen-bond acceptors (Lipinski definition) is 7. The molecule has 0 spiro atoms. The van der Waals surface area contributed by atoms with Gasteiger partial charge in [0.2, 0.25) is 0 Å². The van der Waals surface area contributed by atoms with Gasteiger partial charge >= 0.3 is 66.7 Å². The van der Waals surface area contributed by atoms with Gasteiger partial charge in [0.1, 0.15) is 11.4 Å². The summed E-state index contributed by atoms with van der Waals surface area (Å²) in [6, 6.07) is 40.8. The molecule has 8 aromatic rings. The van der Waals surface area contributed by atoms with Gasteiger partial charge in [-0.25, -0.2) is 0 Å². The first kappa shape index (κ1) is 54.0. The molecular weight excluding hydrogens is 970 g/mol. The number of aliphatic imine (C=N–C) groups is 2. The van der Waals surface area contributed by atoms with Crippen molar-refractivity contribution in [3.8, 4) is 0 Å². The van der Waals surface area contributed by atoms with Crippen LogP contribution in [0.2, 0.25) is 0 Å². The summed E-state index contributed by atoms with van der Waals surface area (Å²) in [7, 11) is 19.1. The van der Waals surface area contributed by atoms with Crippen molar-refractivity contribution in [1.29, 1.82) is 0 Å². The molecule has 8 rings (SSSR count). The summed E-state index contributed by atoms with van der Waals surface area (Å²) in [5.41, 5.74) is 12.6. The van der Waals surface area contributed by atoms with Crippen molar-refractivity contribution in [3.63, 3.8) is 0 Å². The van der Waals surface area contributed by atoms with Crippen molar-refractivity contribution < 1.29 is 31.4 Å². The van der Waals surface area contributed by atoms with Crippen LogP contribution in [0.3, 0.4) is 0 Å². The van der Waals surface area contributed by atoms with Gasteiger partial charge in [0, 0.05) is 29.8 Å². The van der Waals surface area contributed by atoms with E-state index in [0.717, 1.165) is 68.8 Å². The van der Waals surface area contributed by atoms with Crippen LogP contribution >= 0.6 is 40.4 Å². The molecule has 0 amide bonds. The number of aliphatic hydroxyl groups is 1. The fourth-order valence-corrected chi connectivity index (χ4v) is 6.46. The molecule has 0 atom stereocenters. The Kier molecular flexibility index (Phi) is 25.2. The standard InChI is InChI=1S/2C22H20N4.C4H10O.CH4.4ClH.2Fe/c2*1-16-8-7-9-17(2)22(16)24-14-20-19-11-3-4-12-21(19)26(25-20)15-18-10-5-6-13-23-18;1-2-3-4-5;;;;;;;/h2*3-14H,15H2,1-2H3;5H,2-4H2,1H3;1H4;4*1H;;/q;;;;;;;;2*+2/p-4. The van der Waals surface area contributed by atoms with E-state index in [4.69, 9.17) is 65.7 Å². The van der Waals surface area contributed by atoms with E-state index in [2.05, 4.69) is 105 Å². The first-order valence-corrected chi connectivity index (χ1v) is 26.0. The van der Waals surface area contributed by atoms with E-state index in [-0.39, 0.29) is 33.7 Å². The number of aryl methyl sites for hydroxylation is 4. The molecule has 0 radical (unpaired) electrons. The average molecular weight is 1020 g/mol. The molecule has 0 aliphatic carbocycles. The Balaban J connectivity index is 0.000000274. The van der Waals surface area contributed by atoms with E-state index in [1.54, 1.807) is 0 Å². The zero-order valence-corrected chi connectivity index (χ0v) is 40.9. The number of unbranched alkanes of at least 4 members (excludes halogenated alkanes) is 1. The van der Waals surface area contributed by atoms with Gasteiger partial charge in [-0.05, 0) is 92.8 Å². The summed E-state index contributed by atoms with van der Waals surface area (Å²) in [4.78, 5) is 18.3. The molecular formula is C49H54Cl4Fe2N8O. The van der Waals surface area contributed by atoms with Gasteiger partial charge in [-0.2, -0.15) is 10.2 Å². The Morgan fingerprint density at radius 1 is 0.547 bits per heavy atom. The van der Waals surface area contributed by atoms with Crippen LogP contribution in [0.1, 0.15) is 72.2 Å². The number of rotatable bonds is 10. The molecule has 1 N–H and O–H groups in total. The number of fused-ring (bicyclic) bond motifs is 2. The molecule has 0 saturated carbocycles. The molecule has 0 saturated heterocycles. The molecule has 0 aliphatic heterocycles. The first-order chi connectivity index (χ1) is 30.7. The van der Waals surface area contributed by atoms with Crippen LogP contribution < -0.4 is 0 Å². The topological polar surface area (TPSA) is 106 Å². The van der Waals surface area contributed by atoms with Crippen LogP contribution in [0.4, 0.5) is 11.4 Å². The van der Waals surface area contributed by atoms with Crippen LogP contribution in [0.5, 0.6) is 0 Å². The summed E-state index contributed by atoms with van der Waals surface area (Å²) >= 11 is 0.389. The molecule has 4 aromatic heterocycles. The number of aromatic nitrogens is 6. The maximum atomic E-state index is 8.07. The fourth-order valence-electron chi connectivity index (χ4n) is 6.46. The van der Waals surface area contributed by atoms with Crippen LogP contribution in [0.25, 0.3) is 21.8 Å². The average Bonchev–Trinajstić information content (AvgIpc) is 3.82. The minimum atomic E-state index is 0. The predicted molar refractivity (Wildman–Crippen MR) is 265 cm³/mol. The van der Waals surface area contributed by atoms with Gasteiger partial charge in [0.25, 0.3) is 0 Å². The number of aliphatic hydroxyl groups excluding tert-OH is 1. The van der Waals surface area contributed by atoms with Crippen molar-refractivity contribution in [3.05, 3.63) is 179 Å². The molecule has 15 heteroatoms.